The molecule has 19 heavy (non-hydrogen) atoms. The summed E-state index contributed by atoms with van der Waals surface area (Å²) in [6, 6.07) is -1.94. The van der Waals surface area contributed by atoms with E-state index in [9.17, 15) is 14.7 Å². The van der Waals surface area contributed by atoms with Crippen molar-refractivity contribution in [1.29, 1.82) is 0 Å². The van der Waals surface area contributed by atoms with Crippen LogP contribution in [-0.4, -0.2) is 53.6 Å². The molecule has 0 bridgehead atoms. The van der Waals surface area contributed by atoms with Crippen LogP contribution >= 0.6 is 0 Å². The minimum absolute atomic E-state index is 0.0626. The van der Waals surface area contributed by atoms with E-state index in [2.05, 4.69) is 10.6 Å². The van der Waals surface area contributed by atoms with Gasteiger partial charge in [0.05, 0.1) is 6.10 Å². The van der Waals surface area contributed by atoms with Gasteiger partial charge in [-0.25, -0.2) is 9.59 Å². The maximum atomic E-state index is 11.7. The lowest BCUT2D eigenvalue weighted by atomic mass is 9.93. The number of carboxylic acid groups (broad SMARTS) is 1. The van der Waals surface area contributed by atoms with Crippen LogP contribution in [0.25, 0.3) is 0 Å². The van der Waals surface area contributed by atoms with E-state index in [0.717, 1.165) is 12.8 Å². The number of carboxylic acids is 1. The summed E-state index contributed by atoms with van der Waals surface area (Å²) < 4.78 is 5.24. The highest BCUT2D eigenvalue weighted by molar-refractivity contribution is 5.83. The summed E-state index contributed by atoms with van der Waals surface area (Å²) in [5.74, 6) is -0.932. The van der Waals surface area contributed by atoms with Gasteiger partial charge < -0.3 is 25.6 Å². The fourth-order valence-corrected chi connectivity index (χ4v) is 2.11. The Morgan fingerprint density at radius 1 is 1.21 bits per heavy atom. The molecular formula is C12H22N2O5. The number of nitrogens with one attached hydrogen (secondary N) is 2. The topological polar surface area (TPSA) is 108 Å². The molecule has 1 aliphatic heterocycles. The van der Waals surface area contributed by atoms with Crippen LogP contribution < -0.4 is 10.6 Å². The van der Waals surface area contributed by atoms with E-state index in [1.165, 1.54) is 6.92 Å². The van der Waals surface area contributed by atoms with E-state index in [1.54, 1.807) is 0 Å². The van der Waals surface area contributed by atoms with Crippen molar-refractivity contribution in [1.82, 2.24) is 10.6 Å². The van der Waals surface area contributed by atoms with Crippen LogP contribution in [0.3, 0.4) is 0 Å². The van der Waals surface area contributed by atoms with Crippen molar-refractivity contribution in [3.8, 4) is 0 Å². The molecule has 0 aromatic carbocycles. The van der Waals surface area contributed by atoms with Crippen molar-refractivity contribution in [3.63, 3.8) is 0 Å². The largest absolute Gasteiger partial charge is 0.480 e. The first-order chi connectivity index (χ1) is 8.91. The van der Waals surface area contributed by atoms with E-state index < -0.39 is 24.1 Å². The Balaban J connectivity index is 2.42. The van der Waals surface area contributed by atoms with Crippen molar-refractivity contribution < 1.29 is 24.5 Å². The minimum Gasteiger partial charge on any atom is -0.480 e. The molecule has 0 aliphatic carbocycles. The summed E-state index contributed by atoms with van der Waals surface area (Å²) in [6.07, 6.45) is 0.599. The van der Waals surface area contributed by atoms with E-state index in [4.69, 9.17) is 9.84 Å². The van der Waals surface area contributed by atoms with Gasteiger partial charge >= 0.3 is 12.0 Å². The van der Waals surface area contributed by atoms with Gasteiger partial charge in [0.2, 0.25) is 0 Å². The number of carbonyl (C=O) groups is 2. The van der Waals surface area contributed by atoms with Gasteiger partial charge in [0.25, 0.3) is 0 Å². The number of aliphatic carboxylic acids is 1. The molecule has 1 fully saturated rings. The molecular weight excluding hydrogens is 252 g/mol. The SMILES string of the molecule is CC(NC(=O)N[C@H](C(=O)O)[C@@H](C)O)C1CCOCC1. The van der Waals surface area contributed by atoms with Crippen LogP contribution in [0.4, 0.5) is 4.79 Å². The van der Waals surface area contributed by atoms with Crippen molar-refractivity contribution in [2.24, 2.45) is 5.92 Å². The number of rotatable bonds is 5. The number of amides is 2. The third-order valence-corrected chi connectivity index (χ3v) is 3.37. The highest BCUT2D eigenvalue weighted by atomic mass is 16.5. The lowest BCUT2D eigenvalue weighted by Gasteiger charge is -2.29. The predicted octanol–water partition coefficient (Wildman–Crippen LogP) is -0.0653. The molecule has 110 valence electrons. The second kappa shape index (κ2) is 7.30. The van der Waals surface area contributed by atoms with Crippen LogP contribution in [-0.2, 0) is 9.53 Å². The van der Waals surface area contributed by atoms with Gasteiger partial charge in [-0.15, -0.1) is 0 Å². The van der Waals surface area contributed by atoms with E-state index in [0.29, 0.717) is 19.1 Å². The average molecular weight is 274 g/mol. The number of carbonyl (C=O) groups excluding carboxylic acids is 1. The molecule has 2 amide bonds. The highest BCUT2D eigenvalue weighted by Crippen LogP contribution is 2.18. The van der Waals surface area contributed by atoms with Gasteiger partial charge in [0.15, 0.2) is 6.04 Å². The van der Waals surface area contributed by atoms with Gasteiger partial charge in [-0.1, -0.05) is 0 Å². The average Bonchev–Trinajstić information content (AvgIpc) is 2.36. The zero-order valence-corrected chi connectivity index (χ0v) is 11.3. The first kappa shape index (κ1) is 15.7. The lowest BCUT2D eigenvalue weighted by Crippen LogP contribution is -2.53. The fraction of sp³-hybridized carbons (Fsp3) is 0.833. The van der Waals surface area contributed by atoms with Crippen LogP contribution in [0.5, 0.6) is 0 Å². The van der Waals surface area contributed by atoms with Gasteiger partial charge in [0, 0.05) is 19.3 Å². The Bertz CT molecular complexity index is 315. The van der Waals surface area contributed by atoms with Crippen molar-refractivity contribution in [2.75, 3.05) is 13.2 Å². The summed E-state index contributed by atoms with van der Waals surface area (Å²) in [4.78, 5) is 22.5. The zero-order valence-electron chi connectivity index (χ0n) is 11.3. The number of hydrogen-bond acceptors (Lipinski definition) is 4. The quantitative estimate of drug-likeness (QED) is 0.561. The Morgan fingerprint density at radius 3 is 2.26 bits per heavy atom. The highest BCUT2D eigenvalue weighted by Gasteiger charge is 2.27. The standard InChI is InChI=1S/C12H22N2O5/c1-7(9-3-5-19-6-4-9)13-12(18)14-10(8(2)15)11(16)17/h7-10,15H,3-6H2,1-2H3,(H,16,17)(H2,13,14,18)/t7?,8-,10+/m1/s1. The first-order valence-corrected chi connectivity index (χ1v) is 6.47. The first-order valence-electron chi connectivity index (χ1n) is 6.47. The van der Waals surface area contributed by atoms with Crippen LogP contribution in [0.1, 0.15) is 26.7 Å². The van der Waals surface area contributed by atoms with Crippen molar-refractivity contribution in [3.05, 3.63) is 0 Å². The van der Waals surface area contributed by atoms with Gasteiger partial charge in [-0.2, -0.15) is 0 Å². The fourth-order valence-electron chi connectivity index (χ4n) is 2.11. The molecule has 7 heteroatoms. The van der Waals surface area contributed by atoms with E-state index in [1.807, 2.05) is 6.92 Å². The summed E-state index contributed by atoms with van der Waals surface area (Å²) >= 11 is 0. The number of aliphatic hydroxyl groups is 1. The van der Waals surface area contributed by atoms with Crippen LogP contribution in [0, 0.1) is 5.92 Å². The molecule has 0 spiro atoms. The van der Waals surface area contributed by atoms with Crippen LogP contribution in [0.2, 0.25) is 0 Å². The molecule has 0 aromatic heterocycles. The molecule has 3 atom stereocenters. The van der Waals surface area contributed by atoms with E-state index in [-0.39, 0.29) is 6.04 Å². The smallest absolute Gasteiger partial charge is 0.328 e. The summed E-state index contributed by atoms with van der Waals surface area (Å²) in [5, 5.41) is 23.1. The lowest BCUT2D eigenvalue weighted by molar-refractivity contribution is -0.141. The van der Waals surface area contributed by atoms with Crippen molar-refractivity contribution in [2.45, 2.75) is 44.9 Å². The summed E-state index contributed by atoms with van der Waals surface area (Å²) in [6.45, 7) is 4.57. The Labute approximate surface area is 112 Å². The number of hydrogen-bond donors (Lipinski definition) is 4. The molecule has 1 heterocycles. The second-order valence-electron chi connectivity index (χ2n) is 4.91. The molecule has 7 nitrogen and oxygen atoms in total. The Morgan fingerprint density at radius 2 is 1.79 bits per heavy atom. The Kier molecular flexibility index (Phi) is 6.04. The van der Waals surface area contributed by atoms with Gasteiger partial charge in [-0.3, -0.25) is 0 Å². The molecule has 1 unspecified atom stereocenters. The van der Waals surface area contributed by atoms with Crippen molar-refractivity contribution >= 4 is 12.0 Å². The molecule has 0 saturated carbocycles. The number of ether oxygens (including phenoxy) is 1. The molecule has 0 aromatic rings. The molecule has 1 saturated heterocycles. The predicted molar refractivity (Wildman–Crippen MR) is 67.8 cm³/mol. The number of aliphatic hydroxyl groups excluding tert-OH is 1. The maximum Gasteiger partial charge on any atom is 0.328 e. The normalized spacial score (nSPS) is 21.2. The maximum absolute atomic E-state index is 11.7. The molecule has 1 rings (SSSR count). The van der Waals surface area contributed by atoms with Crippen LogP contribution in [0.15, 0.2) is 0 Å². The third kappa shape index (κ3) is 5.04. The molecule has 4 N–H and O–H groups in total. The van der Waals surface area contributed by atoms with E-state index >= 15 is 0 Å². The monoisotopic (exact) mass is 274 g/mol. The zero-order chi connectivity index (χ0) is 14.4. The minimum atomic E-state index is -1.30. The summed E-state index contributed by atoms with van der Waals surface area (Å²) in [5.41, 5.74) is 0. The Hall–Kier alpha value is -1.34. The summed E-state index contributed by atoms with van der Waals surface area (Å²) in [7, 11) is 0. The molecule has 0 radical (unpaired) electrons. The third-order valence-electron chi connectivity index (χ3n) is 3.37. The second-order valence-corrected chi connectivity index (χ2v) is 4.91. The molecule has 1 aliphatic rings. The van der Waals surface area contributed by atoms with Gasteiger partial charge in [-0.05, 0) is 32.6 Å². The number of urea groups is 1. The van der Waals surface area contributed by atoms with Gasteiger partial charge in [0.1, 0.15) is 0 Å².